The summed E-state index contributed by atoms with van der Waals surface area (Å²) in [6.07, 6.45) is 1.84. The zero-order valence-corrected chi connectivity index (χ0v) is 15.9. The van der Waals surface area contributed by atoms with E-state index in [2.05, 4.69) is 20.2 Å². The lowest BCUT2D eigenvalue weighted by Crippen LogP contribution is -2.49. The Labute approximate surface area is 162 Å². The fourth-order valence-electron chi connectivity index (χ4n) is 3.20. The number of aryl methyl sites for hydroxylation is 1. The van der Waals surface area contributed by atoms with Crippen molar-refractivity contribution in [2.24, 2.45) is 0 Å². The number of H-pyrrole nitrogens is 1. The van der Waals surface area contributed by atoms with Crippen molar-refractivity contribution in [3.05, 3.63) is 53.3 Å². The van der Waals surface area contributed by atoms with Crippen molar-refractivity contribution >= 4 is 23.3 Å². The normalized spacial score (nSPS) is 14.6. The SMILES string of the molecule is CCn1ccc(C(=O)N2CCN(c3cc(-c4ccc(Cl)cc4)[nH]n3)CC2)n1. The monoisotopic (exact) mass is 384 g/mol. The maximum Gasteiger partial charge on any atom is 0.274 e. The second-order valence-corrected chi connectivity index (χ2v) is 6.92. The fourth-order valence-corrected chi connectivity index (χ4v) is 3.33. The maximum atomic E-state index is 12.6. The van der Waals surface area contributed by atoms with Gasteiger partial charge in [-0.2, -0.15) is 10.2 Å². The van der Waals surface area contributed by atoms with Gasteiger partial charge in [0, 0.05) is 50.0 Å². The number of benzene rings is 1. The molecule has 1 fully saturated rings. The average Bonchev–Trinajstić information content (AvgIpc) is 3.38. The van der Waals surface area contributed by atoms with E-state index in [4.69, 9.17) is 11.6 Å². The minimum atomic E-state index is -0.00858. The number of rotatable bonds is 4. The minimum absolute atomic E-state index is 0.00858. The minimum Gasteiger partial charge on any atom is -0.352 e. The lowest BCUT2D eigenvalue weighted by molar-refractivity contribution is 0.0739. The predicted octanol–water partition coefficient (Wildman–Crippen LogP) is 2.91. The van der Waals surface area contributed by atoms with Gasteiger partial charge in [-0.1, -0.05) is 23.7 Å². The van der Waals surface area contributed by atoms with Gasteiger partial charge in [0.15, 0.2) is 5.82 Å². The van der Waals surface area contributed by atoms with Gasteiger partial charge in [-0.15, -0.1) is 0 Å². The third-order valence-corrected chi connectivity index (χ3v) is 5.05. The standard InChI is InChI=1S/C19H21ClN6O/c1-2-26-8-7-16(23-26)19(27)25-11-9-24(10-12-25)18-13-17(21-22-18)14-3-5-15(20)6-4-14/h3-8,13H,2,9-12H2,1H3,(H,21,22). The Bertz CT molecular complexity index is 924. The van der Waals surface area contributed by atoms with Gasteiger partial charge in [-0.25, -0.2) is 0 Å². The Kier molecular flexibility index (Phi) is 4.85. The Morgan fingerprint density at radius 1 is 1.15 bits per heavy atom. The second kappa shape index (κ2) is 7.44. The molecular weight excluding hydrogens is 364 g/mol. The van der Waals surface area contributed by atoms with E-state index in [9.17, 15) is 4.79 Å². The first-order chi connectivity index (χ1) is 13.1. The molecule has 7 nitrogen and oxygen atoms in total. The maximum absolute atomic E-state index is 12.6. The summed E-state index contributed by atoms with van der Waals surface area (Å²) in [5.41, 5.74) is 2.50. The number of aromatic nitrogens is 4. The topological polar surface area (TPSA) is 70.1 Å². The van der Waals surface area contributed by atoms with Crippen molar-refractivity contribution in [1.29, 1.82) is 0 Å². The predicted molar refractivity (Wildman–Crippen MR) is 105 cm³/mol. The number of aromatic amines is 1. The highest BCUT2D eigenvalue weighted by Crippen LogP contribution is 2.24. The summed E-state index contributed by atoms with van der Waals surface area (Å²) in [5.74, 6) is 0.882. The van der Waals surface area contributed by atoms with E-state index < -0.39 is 0 Å². The lowest BCUT2D eigenvalue weighted by atomic mass is 10.1. The molecule has 3 heterocycles. The van der Waals surface area contributed by atoms with E-state index >= 15 is 0 Å². The highest BCUT2D eigenvalue weighted by molar-refractivity contribution is 6.30. The Morgan fingerprint density at radius 3 is 2.56 bits per heavy atom. The average molecular weight is 385 g/mol. The highest BCUT2D eigenvalue weighted by atomic mass is 35.5. The van der Waals surface area contributed by atoms with Crippen molar-refractivity contribution in [3.63, 3.8) is 0 Å². The van der Waals surface area contributed by atoms with Gasteiger partial charge in [0.1, 0.15) is 5.69 Å². The molecular formula is C19H21ClN6O. The molecule has 2 aromatic heterocycles. The van der Waals surface area contributed by atoms with Crippen LogP contribution in [-0.4, -0.2) is 57.0 Å². The number of carbonyl (C=O) groups is 1. The summed E-state index contributed by atoms with van der Waals surface area (Å²) in [4.78, 5) is 16.6. The lowest BCUT2D eigenvalue weighted by Gasteiger charge is -2.34. The van der Waals surface area contributed by atoms with Crippen LogP contribution in [0.1, 0.15) is 17.4 Å². The molecule has 1 N–H and O–H groups in total. The smallest absolute Gasteiger partial charge is 0.274 e. The molecule has 8 heteroatoms. The third-order valence-electron chi connectivity index (χ3n) is 4.79. The van der Waals surface area contributed by atoms with E-state index in [1.165, 1.54) is 0 Å². The van der Waals surface area contributed by atoms with E-state index in [0.717, 1.165) is 36.7 Å². The van der Waals surface area contributed by atoms with Crippen LogP contribution in [0.25, 0.3) is 11.3 Å². The van der Waals surface area contributed by atoms with Crippen molar-refractivity contribution in [2.45, 2.75) is 13.5 Å². The molecule has 4 rings (SSSR count). The zero-order chi connectivity index (χ0) is 18.8. The number of hydrogen-bond donors (Lipinski definition) is 1. The molecule has 3 aromatic rings. The van der Waals surface area contributed by atoms with Crippen LogP contribution in [0.2, 0.25) is 5.02 Å². The number of carbonyl (C=O) groups excluding carboxylic acids is 1. The summed E-state index contributed by atoms with van der Waals surface area (Å²) in [7, 11) is 0. The van der Waals surface area contributed by atoms with Crippen LogP contribution in [0.15, 0.2) is 42.6 Å². The van der Waals surface area contributed by atoms with Crippen LogP contribution in [0.4, 0.5) is 5.82 Å². The first kappa shape index (κ1) is 17.6. The molecule has 0 atom stereocenters. The molecule has 0 bridgehead atoms. The molecule has 0 unspecified atom stereocenters. The number of nitrogens with one attached hydrogen (secondary N) is 1. The molecule has 1 aliphatic heterocycles. The molecule has 140 valence electrons. The van der Waals surface area contributed by atoms with Crippen molar-refractivity contribution in [3.8, 4) is 11.3 Å². The van der Waals surface area contributed by atoms with Crippen molar-refractivity contribution in [1.82, 2.24) is 24.9 Å². The summed E-state index contributed by atoms with van der Waals surface area (Å²) >= 11 is 5.95. The number of anilines is 1. The first-order valence-electron chi connectivity index (χ1n) is 9.03. The van der Waals surface area contributed by atoms with Crippen LogP contribution < -0.4 is 4.90 Å². The molecule has 1 aromatic carbocycles. The Hall–Kier alpha value is -2.80. The molecule has 0 radical (unpaired) electrons. The summed E-state index contributed by atoms with van der Waals surface area (Å²) in [6, 6.07) is 11.5. The van der Waals surface area contributed by atoms with E-state index in [-0.39, 0.29) is 5.91 Å². The highest BCUT2D eigenvalue weighted by Gasteiger charge is 2.24. The molecule has 0 spiro atoms. The van der Waals surface area contributed by atoms with Crippen LogP contribution in [0.3, 0.4) is 0 Å². The fraction of sp³-hybridized carbons (Fsp3) is 0.316. The quantitative estimate of drug-likeness (QED) is 0.750. The van der Waals surface area contributed by atoms with Crippen LogP contribution in [0.5, 0.6) is 0 Å². The molecule has 1 amide bonds. The van der Waals surface area contributed by atoms with E-state index in [0.29, 0.717) is 23.8 Å². The largest absolute Gasteiger partial charge is 0.352 e. The van der Waals surface area contributed by atoms with Crippen molar-refractivity contribution < 1.29 is 4.79 Å². The van der Waals surface area contributed by atoms with Gasteiger partial charge in [-0.05, 0) is 30.7 Å². The number of halogens is 1. The molecule has 0 saturated carbocycles. The van der Waals surface area contributed by atoms with Gasteiger partial charge < -0.3 is 9.80 Å². The number of nitrogens with zero attached hydrogens (tertiary/aromatic N) is 5. The van der Waals surface area contributed by atoms with Gasteiger partial charge in [0.25, 0.3) is 5.91 Å². The van der Waals surface area contributed by atoms with E-state index in [1.54, 1.807) is 10.7 Å². The van der Waals surface area contributed by atoms with Gasteiger partial charge in [0.2, 0.25) is 0 Å². The molecule has 27 heavy (non-hydrogen) atoms. The van der Waals surface area contributed by atoms with Crippen molar-refractivity contribution in [2.75, 3.05) is 31.1 Å². The summed E-state index contributed by atoms with van der Waals surface area (Å²) in [5, 5.41) is 12.5. The number of piperazine rings is 1. The van der Waals surface area contributed by atoms with Gasteiger partial charge in [-0.3, -0.25) is 14.6 Å². The van der Waals surface area contributed by atoms with Gasteiger partial charge in [0.05, 0.1) is 5.69 Å². The Balaban J connectivity index is 1.39. The number of amides is 1. The number of hydrogen-bond acceptors (Lipinski definition) is 4. The molecule has 1 saturated heterocycles. The molecule has 0 aliphatic carbocycles. The van der Waals surface area contributed by atoms with Crippen LogP contribution in [0, 0.1) is 0 Å². The third kappa shape index (κ3) is 3.68. The van der Waals surface area contributed by atoms with Gasteiger partial charge >= 0.3 is 0 Å². The summed E-state index contributed by atoms with van der Waals surface area (Å²) in [6.45, 7) is 5.55. The summed E-state index contributed by atoms with van der Waals surface area (Å²) < 4.78 is 1.77. The first-order valence-corrected chi connectivity index (χ1v) is 9.41. The van der Waals surface area contributed by atoms with E-state index in [1.807, 2.05) is 48.4 Å². The zero-order valence-electron chi connectivity index (χ0n) is 15.1. The van der Waals surface area contributed by atoms with Crippen LogP contribution in [-0.2, 0) is 6.54 Å². The van der Waals surface area contributed by atoms with Crippen LogP contribution >= 0.6 is 11.6 Å². The second-order valence-electron chi connectivity index (χ2n) is 6.48. The Morgan fingerprint density at radius 2 is 1.89 bits per heavy atom. The molecule has 1 aliphatic rings.